The fourth-order valence-corrected chi connectivity index (χ4v) is 2.55. The SMILES string of the molecule is COC(=O)c1ccccc1Nc1cc(C(=O)NCc2ccc(C)cc2)ncn1. The van der Waals surface area contributed by atoms with Crippen molar-refractivity contribution in [1.29, 1.82) is 0 Å². The molecule has 0 bridgehead atoms. The molecule has 7 nitrogen and oxygen atoms in total. The number of amides is 1. The van der Waals surface area contributed by atoms with Crippen molar-refractivity contribution in [3.05, 3.63) is 83.3 Å². The Balaban J connectivity index is 1.71. The number of carbonyl (C=O) groups excluding carboxylic acids is 2. The molecule has 0 atom stereocenters. The van der Waals surface area contributed by atoms with Gasteiger partial charge in [0.05, 0.1) is 18.4 Å². The van der Waals surface area contributed by atoms with E-state index >= 15 is 0 Å². The lowest BCUT2D eigenvalue weighted by Gasteiger charge is -2.11. The van der Waals surface area contributed by atoms with Crippen molar-refractivity contribution in [1.82, 2.24) is 15.3 Å². The van der Waals surface area contributed by atoms with Crippen LogP contribution in [-0.4, -0.2) is 29.0 Å². The third kappa shape index (κ3) is 4.70. The van der Waals surface area contributed by atoms with Crippen LogP contribution in [0.2, 0.25) is 0 Å². The van der Waals surface area contributed by atoms with Gasteiger partial charge in [0.1, 0.15) is 17.8 Å². The Bertz CT molecular complexity index is 987. The Morgan fingerprint density at radius 1 is 1.04 bits per heavy atom. The van der Waals surface area contributed by atoms with E-state index in [-0.39, 0.29) is 11.6 Å². The molecule has 7 heteroatoms. The van der Waals surface area contributed by atoms with E-state index in [1.165, 1.54) is 19.5 Å². The van der Waals surface area contributed by atoms with Gasteiger partial charge in [0.15, 0.2) is 0 Å². The number of esters is 1. The number of aromatic nitrogens is 2. The molecule has 142 valence electrons. The van der Waals surface area contributed by atoms with Crippen molar-refractivity contribution in [3.8, 4) is 0 Å². The number of nitrogens with one attached hydrogen (secondary N) is 2. The van der Waals surface area contributed by atoms with Gasteiger partial charge in [-0.05, 0) is 24.6 Å². The fraction of sp³-hybridized carbons (Fsp3) is 0.143. The molecule has 3 rings (SSSR count). The van der Waals surface area contributed by atoms with Crippen LogP contribution in [0, 0.1) is 6.92 Å². The minimum absolute atomic E-state index is 0.222. The highest BCUT2D eigenvalue weighted by Gasteiger charge is 2.13. The second-order valence-electron chi connectivity index (χ2n) is 6.12. The largest absolute Gasteiger partial charge is 0.465 e. The average Bonchev–Trinajstić information content (AvgIpc) is 2.73. The molecule has 0 spiro atoms. The first-order chi connectivity index (χ1) is 13.6. The third-order valence-corrected chi connectivity index (χ3v) is 4.07. The zero-order valence-electron chi connectivity index (χ0n) is 15.6. The lowest BCUT2D eigenvalue weighted by Crippen LogP contribution is -2.24. The summed E-state index contributed by atoms with van der Waals surface area (Å²) >= 11 is 0. The maximum Gasteiger partial charge on any atom is 0.339 e. The zero-order chi connectivity index (χ0) is 19.9. The number of carbonyl (C=O) groups is 2. The Morgan fingerprint density at radius 2 is 1.79 bits per heavy atom. The smallest absolute Gasteiger partial charge is 0.339 e. The zero-order valence-corrected chi connectivity index (χ0v) is 15.6. The van der Waals surface area contributed by atoms with Gasteiger partial charge in [-0.1, -0.05) is 42.0 Å². The molecule has 3 aromatic rings. The van der Waals surface area contributed by atoms with Gasteiger partial charge in [-0.2, -0.15) is 0 Å². The van der Waals surface area contributed by atoms with E-state index in [2.05, 4.69) is 20.6 Å². The van der Waals surface area contributed by atoms with Crippen LogP contribution in [0.25, 0.3) is 0 Å². The summed E-state index contributed by atoms with van der Waals surface area (Å²) in [6.45, 7) is 2.41. The molecule has 0 aliphatic rings. The molecule has 2 aromatic carbocycles. The predicted octanol–water partition coefficient (Wildman–Crippen LogP) is 3.25. The number of hydrogen-bond donors (Lipinski definition) is 2. The molecule has 0 unspecified atom stereocenters. The molecule has 0 aliphatic heterocycles. The predicted molar refractivity (Wildman–Crippen MR) is 105 cm³/mol. The van der Waals surface area contributed by atoms with E-state index in [9.17, 15) is 9.59 Å². The van der Waals surface area contributed by atoms with Gasteiger partial charge in [-0.3, -0.25) is 4.79 Å². The Labute approximate surface area is 162 Å². The normalized spacial score (nSPS) is 10.2. The Hall–Kier alpha value is -3.74. The van der Waals surface area contributed by atoms with Crippen molar-refractivity contribution in [2.45, 2.75) is 13.5 Å². The maximum absolute atomic E-state index is 12.4. The quantitative estimate of drug-likeness (QED) is 0.642. The molecule has 1 aromatic heterocycles. The van der Waals surface area contributed by atoms with Crippen molar-refractivity contribution in [2.24, 2.45) is 0 Å². The summed E-state index contributed by atoms with van der Waals surface area (Å²) in [4.78, 5) is 32.4. The molecule has 0 radical (unpaired) electrons. The highest BCUT2D eigenvalue weighted by Crippen LogP contribution is 2.20. The minimum Gasteiger partial charge on any atom is -0.465 e. The molecular formula is C21H20N4O3. The summed E-state index contributed by atoms with van der Waals surface area (Å²) in [6, 6.07) is 16.3. The number of para-hydroxylation sites is 1. The first-order valence-corrected chi connectivity index (χ1v) is 8.67. The van der Waals surface area contributed by atoms with Gasteiger partial charge >= 0.3 is 5.97 Å². The number of benzene rings is 2. The van der Waals surface area contributed by atoms with Crippen LogP contribution in [0.1, 0.15) is 32.0 Å². The van der Waals surface area contributed by atoms with Gasteiger partial charge in [-0.15, -0.1) is 0 Å². The summed E-state index contributed by atoms with van der Waals surface area (Å²) in [5.41, 5.74) is 3.28. The molecule has 0 aliphatic carbocycles. The second-order valence-corrected chi connectivity index (χ2v) is 6.12. The number of methoxy groups -OCH3 is 1. The maximum atomic E-state index is 12.4. The van der Waals surface area contributed by atoms with Crippen LogP contribution in [0.4, 0.5) is 11.5 Å². The van der Waals surface area contributed by atoms with E-state index < -0.39 is 5.97 Å². The van der Waals surface area contributed by atoms with Crippen LogP contribution in [0.15, 0.2) is 60.9 Å². The van der Waals surface area contributed by atoms with Gasteiger partial charge in [0.2, 0.25) is 0 Å². The highest BCUT2D eigenvalue weighted by molar-refractivity contribution is 5.97. The number of nitrogens with zero attached hydrogens (tertiary/aromatic N) is 2. The topological polar surface area (TPSA) is 93.2 Å². The van der Waals surface area contributed by atoms with Crippen LogP contribution in [-0.2, 0) is 11.3 Å². The lowest BCUT2D eigenvalue weighted by atomic mass is 10.1. The van der Waals surface area contributed by atoms with Crippen LogP contribution < -0.4 is 10.6 Å². The molecule has 0 fully saturated rings. The summed E-state index contributed by atoms with van der Waals surface area (Å²) < 4.78 is 4.78. The fourth-order valence-electron chi connectivity index (χ4n) is 2.55. The van der Waals surface area contributed by atoms with E-state index in [4.69, 9.17) is 4.74 Å². The average molecular weight is 376 g/mol. The molecule has 1 amide bonds. The molecule has 28 heavy (non-hydrogen) atoms. The summed E-state index contributed by atoms with van der Waals surface area (Å²) in [5, 5.41) is 5.86. The first-order valence-electron chi connectivity index (χ1n) is 8.67. The van der Waals surface area contributed by atoms with E-state index in [0.717, 1.165) is 11.1 Å². The summed E-state index contributed by atoms with van der Waals surface area (Å²) in [5.74, 6) is -0.382. The van der Waals surface area contributed by atoms with E-state index in [1.54, 1.807) is 24.3 Å². The number of rotatable bonds is 6. The standard InChI is InChI=1S/C21H20N4O3/c1-14-7-9-15(10-8-14)12-22-20(26)18-11-19(24-13-23-18)25-17-6-4-3-5-16(17)21(27)28-2/h3-11,13H,12H2,1-2H3,(H,22,26)(H,23,24,25). The van der Waals surface area contributed by atoms with Gasteiger partial charge in [0, 0.05) is 12.6 Å². The summed E-state index contributed by atoms with van der Waals surface area (Å²) in [6.07, 6.45) is 1.30. The number of hydrogen-bond acceptors (Lipinski definition) is 6. The monoisotopic (exact) mass is 376 g/mol. The van der Waals surface area contributed by atoms with E-state index in [0.29, 0.717) is 23.6 Å². The van der Waals surface area contributed by atoms with Gasteiger partial charge < -0.3 is 15.4 Å². The third-order valence-electron chi connectivity index (χ3n) is 4.07. The van der Waals surface area contributed by atoms with Crippen LogP contribution in [0.3, 0.4) is 0 Å². The second kappa shape index (κ2) is 8.77. The van der Waals surface area contributed by atoms with Gasteiger partial charge in [-0.25, -0.2) is 14.8 Å². The van der Waals surface area contributed by atoms with Crippen molar-refractivity contribution in [2.75, 3.05) is 12.4 Å². The molecule has 0 saturated heterocycles. The molecule has 2 N–H and O–H groups in total. The van der Waals surface area contributed by atoms with Crippen LogP contribution in [0.5, 0.6) is 0 Å². The van der Waals surface area contributed by atoms with Crippen molar-refractivity contribution < 1.29 is 14.3 Å². The first kappa shape index (κ1) is 19.0. The Kier molecular flexibility index (Phi) is 5.96. The molecule has 1 heterocycles. The minimum atomic E-state index is -0.465. The number of aryl methyl sites for hydroxylation is 1. The van der Waals surface area contributed by atoms with Gasteiger partial charge in [0.25, 0.3) is 5.91 Å². The summed E-state index contributed by atoms with van der Waals surface area (Å²) in [7, 11) is 1.32. The van der Waals surface area contributed by atoms with Crippen molar-refractivity contribution >= 4 is 23.4 Å². The number of anilines is 2. The highest BCUT2D eigenvalue weighted by atomic mass is 16.5. The molecular weight excluding hydrogens is 356 g/mol. The van der Waals surface area contributed by atoms with Crippen LogP contribution >= 0.6 is 0 Å². The lowest BCUT2D eigenvalue weighted by molar-refractivity contribution is 0.0601. The van der Waals surface area contributed by atoms with Crippen molar-refractivity contribution in [3.63, 3.8) is 0 Å². The molecule has 0 saturated carbocycles. The number of ether oxygens (including phenoxy) is 1. The Morgan fingerprint density at radius 3 is 2.54 bits per heavy atom. The van der Waals surface area contributed by atoms with E-state index in [1.807, 2.05) is 31.2 Å².